The Hall–Kier alpha value is -2.55. The minimum absolute atomic E-state index is 0.00348. The van der Waals surface area contributed by atoms with Crippen LogP contribution in [0, 0.1) is 6.92 Å². The highest BCUT2D eigenvalue weighted by atomic mass is 32.2. The van der Waals surface area contributed by atoms with E-state index < -0.39 is 0 Å². The van der Waals surface area contributed by atoms with E-state index in [1.54, 1.807) is 11.9 Å². The van der Waals surface area contributed by atoms with Crippen LogP contribution in [0.5, 0.6) is 0 Å². The lowest BCUT2D eigenvalue weighted by atomic mass is 9.94. The van der Waals surface area contributed by atoms with Crippen molar-refractivity contribution in [3.63, 3.8) is 0 Å². The van der Waals surface area contributed by atoms with E-state index in [0.29, 0.717) is 0 Å². The van der Waals surface area contributed by atoms with Gasteiger partial charge in [0.25, 0.3) is 0 Å². The molecule has 1 amide bonds. The zero-order valence-electron chi connectivity index (χ0n) is 17.7. The highest BCUT2D eigenvalue weighted by Gasteiger charge is 2.31. The Morgan fingerprint density at radius 2 is 1.80 bits per heavy atom. The van der Waals surface area contributed by atoms with Gasteiger partial charge in [-0.15, -0.1) is 5.73 Å². The van der Waals surface area contributed by atoms with Gasteiger partial charge in [-0.2, -0.15) is 16.9 Å². The average molecular weight is 417 g/mol. The van der Waals surface area contributed by atoms with Gasteiger partial charge in [0.05, 0.1) is 11.8 Å². The monoisotopic (exact) mass is 416 g/mol. The standard InChI is InChI=1S/C26H28N2OS/c1-19-8-10-23(11-9-19)26-18-25(28(27-26)20(2)29)17-24(22-6-4-3-5-7-22)16-21-12-14-30-15-13-21/h3-11,25H,12-15,17-18H2,1-2H3. The summed E-state index contributed by atoms with van der Waals surface area (Å²) in [5.41, 5.74) is 10.8. The van der Waals surface area contributed by atoms with Crippen LogP contribution < -0.4 is 0 Å². The number of benzene rings is 2. The van der Waals surface area contributed by atoms with Crippen LogP contribution in [-0.4, -0.2) is 34.2 Å². The Bertz CT molecular complexity index is 993. The first kappa shape index (κ1) is 20.7. The highest BCUT2D eigenvalue weighted by molar-refractivity contribution is 7.99. The topological polar surface area (TPSA) is 32.7 Å². The van der Waals surface area contributed by atoms with Crippen LogP contribution in [0.25, 0.3) is 5.57 Å². The smallest absolute Gasteiger partial charge is 0.239 e. The van der Waals surface area contributed by atoms with Gasteiger partial charge >= 0.3 is 0 Å². The van der Waals surface area contributed by atoms with Gasteiger partial charge in [0.2, 0.25) is 5.91 Å². The molecule has 154 valence electrons. The molecular formula is C26H28N2OS. The molecule has 2 heterocycles. The molecule has 1 fully saturated rings. The molecule has 2 aromatic carbocycles. The first-order chi connectivity index (χ1) is 14.6. The molecule has 0 radical (unpaired) electrons. The summed E-state index contributed by atoms with van der Waals surface area (Å²) in [4.78, 5) is 12.4. The number of hydrogen-bond donors (Lipinski definition) is 0. The van der Waals surface area contributed by atoms with Gasteiger partial charge in [-0.3, -0.25) is 4.79 Å². The van der Waals surface area contributed by atoms with Gasteiger partial charge in [-0.25, -0.2) is 5.01 Å². The molecule has 0 aliphatic carbocycles. The molecular weight excluding hydrogens is 388 g/mol. The van der Waals surface area contributed by atoms with E-state index >= 15 is 0 Å². The second-order valence-corrected chi connectivity index (χ2v) is 9.25. The van der Waals surface area contributed by atoms with Crippen molar-refractivity contribution < 1.29 is 4.79 Å². The lowest BCUT2D eigenvalue weighted by molar-refractivity contribution is -0.130. The lowest BCUT2D eigenvalue weighted by Gasteiger charge is -2.21. The van der Waals surface area contributed by atoms with Gasteiger partial charge in [-0.1, -0.05) is 60.2 Å². The maximum Gasteiger partial charge on any atom is 0.239 e. The second-order valence-electron chi connectivity index (χ2n) is 8.02. The molecule has 0 saturated carbocycles. The summed E-state index contributed by atoms with van der Waals surface area (Å²) >= 11 is 2.02. The van der Waals surface area contributed by atoms with E-state index in [4.69, 9.17) is 5.10 Å². The number of aryl methyl sites for hydroxylation is 1. The minimum Gasteiger partial charge on any atom is -0.273 e. The molecule has 0 bridgehead atoms. The van der Waals surface area contributed by atoms with E-state index in [1.165, 1.54) is 33.8 Å². The molecule has 2 aliphatic rings. The summed E-state index contributed by atoms with van der Waals surface area (Å²) in [6.45, 7) is 3.69. The highest BCUT2D eigenvalue weighted by Crippen LogP contribution is 2.30. The summed E-state index contributed by atoms with van der Waals surface area (Å²) in [5, 5.41) is 6.39. The molecule has 4 rings (SSSR count). The fraction of sp³-hybridized carbons (Fsp3) is 0.346. The Labute approximate surface area is 183 Å². The summed E-state index contributed by atoms with van der Waals surface area (Å²) in [6.07, 6.45) is 3.74. The predicted molar refractivity (Wildman–Crippen MR) is 127 cm³/mol. The van der Waals surface area contributed by atoms with Crippen LogP contribution in [0.4, 0.5) is 0 Å². The van der Waals surface area contributed by atoms with E-state index in [-0.39, 0.29) is 11.9 Å². The molecule has 30 heavy (non-hydrogen) atoms. The van der Waals surface area contributed by atoms with E-state index in [9.17, 15) is 4.79 Å². The molecule has 0 aromatic heterocycles. The van der Waals surface area contributed by atoms with Gasteiger partial charge in [0.15, 0.2) is 0 Å². The number of hydrazone groups is 1. The maximum atomic E-state index is 12.4. The van der Waals surface area contributed by atoms with Crippen molar-refractivity contribution in [3.05, 3.63) is 82.6 Å². The molecule has 2 aromatic rings. The third kappa shape index (κ3) is 4.95. The van der Waals surface area contributed by atoms with Crippen molar-refractivity contribution in [2.24, 2.45) is 5.10 Å². The van der Waals surface area contributed by atoms with E-state index in [2.05, 4.69) is 61.2 Å². The summed E-state index contributed by atoms with van der Waals surface area (Å²) in [7, 11) is 0. The number of thioether (sulfide) groups is 1. The summed E-state index contributed by atoms with van der Waals surface area (Å²) in [5.74, 6) is 2.35. The van der Waals surface area contributed by atoms with Crippen molar-refractivity contribution in [3.8, 4) is 0 Å². The van der Waals surface area contributed by atoms with Crippen LogP contribution in [0.1, 0.15) is 49.3 Å². The third-order valence-corrected chi connectivity index (χ3v) is 6.68. The zero-order valence-corrected chi connectivity index (χ0v) is 18.5. The van der Waals surface area contributed by atoms with E-state index in [0.717, 1.165) is 37.0 Å². The van der Waals surface area contributed by atoms with Gasteiger partial charge in [-0.05, 0) is 48.0 Å². The Balaban J connectivity index is 1.64. The first-order valence-corrected chi connectivity index (χ1v) is 11.8. The Morgan fingerprint density at radius 1 is 1.10 bits per heavy atom. The number of hydrogen-bond acceptors (Lipinski definition) is 3. The van der Waals surface area contributed by atoms with Crippen molar-refractivity contribution in [1.82, 2.24) is 5.01 Å². The molecule has 3 nitrogen and oxygen atoms in total. The first-order valence-electron chi connectivity index (χ1n) is 10.6. The molecule has 1 saturated heterocycles. The molecule has 1 atom stereocenters. The van der Waals surface area contributed by atoms with Crippen molar-refractivity contribution in [2.75, 3.05) is 11.5 Å². The van der Waals surface area contributed by atoms with Gasteiger partial charge in [0, 0.05) is 25.3 Å². The molecule has 1 unspecified atom stereocenters. The second kappa shape index (κ2) is 9.51. The molecule has 4 heteroatoms. The zero-order chi connectivity index (χ0) is 20.9. The summed E-state index contributed by atoms with van der Waals surface area (Å²) in [6, 6.07) is 18.9. The van der Waals surface area contributed by atoms with Gasteiger partial charge < -0.3 is 0 Å². The SMILES string of the molecule is CC(=O)N1N=C(c2ccc(C)cc2)CC1CC(=C=C1CCSCC1)c1ccccc1. The van der Waals surface area contributed by atoms with Crippen LogP contribution in [0.15, 0.2) is 71.0 Å². The van der Waals surface area contributed by atoms with Crippen LogP contribution in [0.2, 0.25) is 0 Å². The van der Waals surface area contributed by atoms with E-state index in [1.807, 2.05) is 17.8 Å². The van der Waals surface area contributed by atoms with Crippen molar-refractivity contribution >= 4 is 29.0 Å². The van der Waals surface area contributed by atoms with Crippen molar-refractivity contribution in [2.45, 2.75) is 45.6 Å². The quantitative estimate of drug-likeness (QED) is 0.586. The third-order valence-electron chi connectivity index (χ3n) is 5.70. The van der Waals surface area contributed by atoms with Gasteiger partial charge in [0.1, 0.15) is 0 Å². The lowest BCUT2D eigenvalue weighted by Crippen LogP contribution is -2.31. The number of nitrogens with zero attached hydrogens (tertiary/aromatic N) is 2. The van der Waals surface area contributed by atoms with Crippen LogP contribution in [-0.2, 0) is 4.79 Å². The van der Waals surface area contributed by atoms with Crippen LogP contribution >= 0.6 is 11.8 Å². The molecule has 0 N–H and O–H groups in total. The average Bonchev–Trinajstić information content (AvgIpc) is 3.19. The Morgan fingerprint density at radius 3 is 2.47 bits per heavy atom. The number of amides is 1. The number of carbonyl (C=O) groups excluding carboxylic acids is 1. The fourth-order valence-corrected chi connectivity index (χ4v) is 5.03. The summed E-state index contributed by atoms with van der Waals surface area (Å²) < 4.78 is 0. The fourth-order valence-electron chi connectivity index (χ4n) is 4.04. The van der Waals surface area contributed by atoms with Crippen molar-refractivity contribution in [1.29, 1.82) is 0 Å². The molecule has 0 spiro atoms. The van der Waals surface area contributed by atoms with Crippen LogP contribution in [0.3, 0.4) is 0 Å². The maximum absolute atomic E-state index is 12.4. The largest absolute Gasteiger partial charge is 0.273 e. The normalized spacial score (nSPS) is 18.7. The minimum atomic E-state index is -0.00348. The Kier molecular flexibility index (Phi) is 6.56. The predicted octanol–water partition coefficient (Wildman–Crippen LogP) is 5.85. The number of rotatable bonds is 4. The molecule has 2 aliphatic heterocycles. The number of carbonyl (C=O) groups is 1.